The first-order valence-electron chi connectivity index (χ1n) is 9.17. The SMILES string of the molecule is CCc1cc(C(=O)O)cc2nc(-c3ccc(OCc4ccccc4)cc3)[nH]c12. The molecule has 0 atom stereocenters. The number of ether oxygens (including phenoxy) is 1. The number of carboxylic acid groups (broad SMARTS) is 1. The van der Waals surface area contributed by atoms with Gasteiger partial charge in [-0.15, -0.1) is 0 Å². The van der Waals surface area contributed by atoms with Gasteiger partial charge in [-0.25, -0.2) is 9.78 Å². The largest absolute Gasteiger partial charge is 0.489 e. The molecule has 2 N–H and O–H groups in total. The zero-order valence-corrected chi connectivity index (χ0v) is 15.5. The Balaban J connectivity index is 1.58. The van der Waals surface area contributed by atoms with Gasteiger partial charge in [0.25, 0.3) is 0 Å². The number of aromatic carboxylic acids is 1. The fraction of sp³-hybridized carbons (Fsp3) is 0.130. The fourth-order valence-electron chi connectivity index (χ4n) is 3.17. The first-order chi connectivity index (χ1) is 13.6. The lowest BCUT2D eigenvalue weighted by atomic mass is 10.1. The van der Waals surface area contributed by atoms with Gasteiger partial charge in [-0.3, -0.25) is 0 Å². The van der Waals surface area contributed by atoms with Crippen LogP contribution in [0.2, 0.25) is 0 Å². The van der Waals surface area contributed by atoms with E-state index in [-0.39, 0.29) is 5.56 Å². The van der Waals surface area contributed by atoms with Crippen LogP contribution in [0.1, 0.15) is 28.4 Å². The molecule has 0 aliphatic heterocycles. The molecular formula is C23H20N2O3. The molecule has 0 bridgehead atoms. The monoisotopic (exact) mass is 372 g/mol. The van der Waals surface area contributed by atoms with Gasteiger partial charge in [0, 0.05) is 5.56 Å². The Morgan fingerprint density at radius 3 is 2.50 bits per heavy atom. The van der Waals surface area contributed by atoms with Crippen molar-refractivity contribution in [2.24, 2.45) is 0 Å². The topological polar surface area (TPSA) is 75.2 Å². The summed E-state index contributed by atoms with van der Waals surface area (Å²) >= 11 is 0. The molecule has 0 aliphatic carbocycles. The molecule has 5 heteroatoms. The van der Waals surface area contributed by atoms with Crippen molar-refractivity contribution in [3.05, 3.63) is 83.4 Å². The third-order valence-corrected chi connectivity index (χ3v) is 4.68. The molecule has 3 aromatic carbocycles. The van der Waals surface area contributed by atoms with Crippen LogP contribution >= 0.6 is 0 Å². The van der Waals surface area contributed by atoms with Crippen LogP contribution in [0.25, 0.3) is 22.4 Å². The summed E-state index contributed by atoms with van der Waals surface area (Å²) in [6.45, 7) is 2.52. The van der Waals surface area contributed by atoms with E-state index in [4.69, 9.17) is 4.74 Å². The average molecular weight is 372 g/mol. The van der Waals surface area contributed by atoms with E-state index in [1.807, 2.05) is 61.5 Å². The Kier molecular flexibility index (Phi) is 4.81. The summed E-state index contributed by atoms with van der Waals surface area (Å²) in [5, 5.41) is 9.30. The number of nitrogens with one attached hydrogen (secondary N) is 1. The predicted octanol–water partition coefficient (Wildman–Crippen LogP) is 5.07. The second-order valence-electron chi connectivity index (χ2n) is 6.57. The van der Waals surface area contributed by atoms with Crippen LogP contribution in [-0.2, 0) is 13.0 Å². The molecule has 0 radical (unpaired) electrons. The number of aromatic nitrogens is 2. The maximum Gasteiger partial charge on any atom is 0.335 e. The van der Waals surface area contributed by atoms with Crippen molar-refractivity contribution in [2.45, 2.75) is 20.0 Å². The van der Waals surface area contributed by atoms with Gasteiger partial charge in [0.2, 0.25) is 0 Å². The smallest absolute Gasteiger partial charge is 0.335 e. The van der Waals surface area contributed by atoms with E-state index >= 15 is 0 Å². The van der Waals surface area contributed by atoms with Crippen LogP contribution in [0, 0.1) is 0 Å². The van der Waals surface area contributed by atoms with Gasteiger partial charge in [0.1, 0.15) is 18.2 Å². The molecule has 0 fully saturated rings. The summed E-state index contributed by atoms with van der Waals surface area (Å²) in [6, 6.07) is 21.0. The zero-order valence-electron chi connectivity index (χ0n) is 15.5. The van der Waals surface area contributed by atoms with Crippen molar-refractivity contribution in [3.8, 4) is 17.1 Å². The number of hydrogen-bond donors (Lipinski definition) is 2. The molecule has 28 heavy (non-hydrogen) atoms. The molecule has 4 rings (SSSR count). The Hall–Kier alpha value is -3.60. The second kappa shape index (κ2) is 7.56. The Bertz CT molecular complexity index is 1120. The lowest BCUT2D eigenvalue weighted by Crippen LogP contribution is -1.98. The Labute approximate surface area is 162 Å². The summed E-state index contributed by atoms with van der Waals surface area (Å²) in [4.78, 5) is 19.3. The molecule has 140 valence electrons. The van der Waals surface area contributed by atoms with Crippen molar-refractivity contribution in [1.29, 1.82) is 0 Å². The molecule has 0 saturated carbocycles. The van der Waals surface area contributed by atoms with Crippen LogP contribution in [0.15, 0.2) is 66.7 Å². The van der Waals surface area contributed by atoms with Gasteiger partial charge in [-0.1, -0.05) is 37.3 Å². The molecule has 0 amide bonds. The maximum atomic E-state index is 11.3. The number of imidazole rings is 1. The first kappa shape index (κ1) is 17.8. The molecule has 1 heterocycles. The molecule has 0 saturated heterocycles. The third-order valence-electron chi connectivity index (χ3n) is 4.68. The normalized spacial score (nSPS) is 10.9. The van der Waals surface area contributed by atoms with Crippen molar-refractivity contribution in [3.63, 3.8) is 0 Å². The van der Waals surface area contributed by atoms with E-state index in [9.17, 15) is 9.90 Å². The quantitative estimate of drug-likeness (QED) is 0.495. The van der Waals surface area contributed by atoms with E-state index in [0.29, 0.717) is 17.9 Å². The van der Waals surface area contributed by atoms with E-state index in [1.54, 1.807) is 12.1 Å². The minimum atomic E-state index is -0.943. The standard InChI is InChI=1S/C23H20N2O3/c1-2-16-12-18(23(26)27)13-20-21(16)25-22(24-20)17-8-10-19(11-9-17)28-14-15-6-4-3-5-7-15/h3-13H,2,14H2,1H3,(H,24,25)(H,26,27). The highest BCUT2D eigenvalue weighted by Gasteiger charge is 2.13. The summed E-state index contributed by atoms with van der Waals surface area (Å²) in [6.07, 6.45) is 0.728. The van der Waals surface area contributed by atoms with Crippen LogP contribution < -0.4 is 4.74 Å². The third kappa shape index (κ3) is 3.60. The second-order valence-corrected chi connectivity index (χ2v) is 6.57. The molecule has 0 aliphatic rings. The van der Waals surface area contributed by atoms with E-state index in [1.165, 1.54) is 0 Å². The molecule has 5 nitrogen and oxygen atoms in total. The van der Waals surface area contributed by atoms with Gasteiger partial charge in [0.15, 0.2) is 0 Å². The molecular weight excluding hydrogens is 352 g/mol. The average Bonchev–Trinajstić information content (AvgIpc) is 3.17. The molecule has 0 unspecified atom stereocenters. The lowest BCUT2D eigenvalue weighted by molar-refractivity contribution is 0.0697. The number of rotatable bonds is 6. The summed E-state index contributed by atoms with van der Waals surface area (Å²) in [5.41, 5.74) is 4.78. The van der Waals surface area contributed by atoms with Gasteiger partial charge in [-0.05, 0) is 53.9 Å². The maximum absolute atomic E-state index is 11.3. The number of nitrogens with zero attached hydrogens (tertiary/aromatic N) is 1. The number of hydrogen-bond acceptors (Lipinski definition) is 3. The minimum absolute atomic E-state index is 0.257. The van der Waals surface area contributed by atoms with Crippen molar-refractivity contribution in [2.75, 3.05) is 0 Å². The van der Waals surface area contributed by atoms with Crippen LogP contribution in [0.5, 0.6) is 5.75 Å². The van der Waals surface area contributed by atoms with E-state index in [2.05, 4.69) is 9.97 Å². The number of aromatic amines is 1. The van der Waals surface area contributed by atoms with Crippen molar-refractivity contribution >= 4 is 17.0 Å². The highest BCUT2D eigenvalue weighted by molar-refractivity contribution is 5.94. The predicted molar refractivity (Wildman–Crippen MR) is 109 cm³/mol. The number of carbonyl (C=O) groups is 1. The van der Waals surface area contributed by atoms with Crippen LogP contribution in [0.3, 0.4) is 0 Å². The molecule has 4 aromatic rings. The Morgan fingerprint density at radius 1 is 1.07 bits per heavy atom. The number of fused-ring (bicyclic) bond motifs is 1. The van der Waals surface area contributed by atoms with Gasteiger partial charge < -0.3 is 14.8 Å². The number of benzene rings is 3. The van der Waals surface area contributed by atoms with Gasteiger partial charge in [-0.2, -0.15) is 0 Å². The highest BCUT2D eigenvalue weighted by atomic mass is 16.5. The van der Waals surface area contributed by atoms with Gasteiger partial charge >= 0.3 is 5.97 Å². The Morgan fingerprint density at radius 2 is 1.82 bits per heavy atom. The highest BCUT2D eigenvalue weighted by Crippen LogP contribution is 2.26. The summed E-state index contributed by atoms with van der Waals surface area (Å²) in [7, 11) is 0. The summed E-state index contributed by atoms with van der Waals surface area (Å²) in [5.74, 6) is 0.550. The first-order valence-corrected chi connectivity index (χ1v) is 9.17. The number of aryl methyl sites for hydroxylation is 1. The van der Waals surface area contributed by atoms with Gasteiger partial charge in [0.05, 0.1) is 16.6 Å². The van der Waals surface area contributed by atoms with Crippen LogP contribution in [0.4, 0.5) is 0 Å². The van der Waals surface area contributed by atoms with E-state index in [0.717, 1.165) is 34.4 Å². The molecule has 1 aromatic heterocycles. The van der Waals surface area contributed by atoms with Crippen molar-refractivity contribution in [1.82, 2.24) is 9.97 Å². The van der Waals surface area contributed by atoms with E-state index < -0.39 is 5.97 Å². The molecule has 0 spiro atoms. The zero-order chi connectivity index (χ0) is 19.5. The fourth-order valence-corrected chi connectivity index (χ4v) is 3.17. The minimum Gasteiger partial charge on any atom is -0.489 e. The number of carboxylic acids is 1. The number of H-pyrrole nitrogens is 1. The summed E-state index contributed by atoms with van der Waals surface area (Å²) < 4.78 is 5.82. The lowest BCUT2D eigenvalue weighted by Gasteiger charge is -2.06. The van der Waals surface area contributed by atoms with Crippen LogP contribution in [-0.4, -0.2) is 21.0 Å². The van der Waals surface area contributed by atoms with Crippen molar-refractivity contribution < 1.29 is 14.6 Å².